The zero-order valence-corrected chi connectivity index (χ0v) is 17.6. The zero-order valence-electron chi connectivity index (χ0n) is 17.6. The third-order valence-corrected chi connectivity index (χ3v) is 6.20. The summed E-state index contributed by atoms with van der Waals surface area (Å²) in [4.78, 5) is 8.18. The van der Waals surface area contributed by atoms with E-state index in [0.717, 1.165) is 74.3 Å². The number of aromatic hydroxyl groups is 1. The average molecular weight is 417 g/mol. The molecule has 4 aromatic rings. The first-order valence-corrected chi connectivity index (χ1v) is 10.9. The van der Waals surface area contributed by atoms with Gasteiger partial charge in [0.2, 0.25) is 0 Å². The maximum Gasteiger partial charge on any atom is 0.192 e. The van der Waals surface area contributed by atoms with Crippen molar-refractivity contribution in [2.75, 3.05) is 32.7 Å². The highest BCUT2D eigenvalue weighted by Crippen LogP contribution is 2.30. The standard InChI is InChI=1S/C24H28N6O/c31-24-21(22-15-20(8-9-23(22)27-24)30-17-25-26-18-30)7-4-10-28-11-13-29(14-12-28)16-19-5-2-1-3-6-19/h1-3,5-6,8-9,15,17-18,27,31H,4,7,10-14,16H2. The maximum absolute atomic E-state index is 10.5. The van der Waals surface area contributed by atoms with Crippen LogP contribution in [0.1, 0.15) is 17.5 Å². The Morgan fingerprint density at radius 3 is 2.42 bits per heavy atom. The van der Waals surface area contributed by atoms with E-state index in [9.17, 15) is 5.11 Å². The predicted molar refractivity (Wildman–Crippen MR) is 121 cm³/mol. The molecule has 0 amide bonds. The number of hydrogen-bond acceptors (Lipinski definition) is 5. The number of H-pyrrole nitrogens is 1. The van der Waals surface area contributed by atoms with Crippen LogP contribution in [-0.2, 0) is 13.0 Å². The molecule has 0 aliphatic carbocycles. The molecule has 0 bridgehead atoms. The van der Waals surface area contributed by atoms with Gasteiger partial charge in [0.25, 0.3) is 0 Å². The van der Waals surface area contributed by atoms with Crippen molar-refractivity contribution in [2.24, 2.45) is 0 Å². The number of nitrogens with zero attached hydrogens (tertiary/aromatic N) is 5. The van der Waals surface area contributed by atoms with Crippen LogP contribution in [0.25, 0.3) is 16.6 Å². The van der Waals surface area contributed by atoms with E-state index in [1.54, 1.807) is 12.7 Å². The minimum Gasteiger partial charge on any atom is -0.494 e. The maximum atomic E-state index is 10.5. The summed E-state index contributed by atoms with van der Waals surface area (Å²) in [5.74, 6) is 0.281. The largest absolute Gasteiger partial charge is 0.494 e. The molecule has 2 aromatic heterocycles. The molecule has 2 N–H and O–H groups in total. The van der Waals surface area contributed by atoms with Gasteiger partial charge in [0, 0.05) is 54.9 Å². The molecule has 1 aliphatic rings. The van der Waals surface area contributed by atoms with Crippen LogP contribution in [0.3, 0.4) is 0 Å². The van der Waals surface area contributed by atoms with E-state index in [0.29, 0.717) is 0 Å². The highest BCUT2D eigenvalue weighted by molar-refractivity contribution is 5.87. The number of hydrogen-bond donors (Lipinski definition) is 2. The van der Waals surface area contributed by atoms with Crippen molar-refractivity contribution < 1.29 is 5.11 Å². The Hall–Kier alpha value is -3.16. The lowest BCUT2D eigenvalue weighted by molar-refractivity contribution is 0.126. The smallest absolute Gasteiger partial charge is 0.192 e. The summed E-state index contributed by atoms with van der Waals surface area (Å²) < 4.78 is 1.88. The van der Waals surface area contributed by atoms with Crippen LogP contribution in [0.2, 0.25) is 0 Å². The van der Waals surface area contributed by atoms with Gasteiger partial charge in [0.1, 0.15) is 12.7 Å². The van der Waals surface area contributed by atoms with Gasteiger partial charge >= 0.3 is 0 Å². The molecular weight excluding hydrogens is 388 g/mol. The van der Waals surface area contributed by atoms with Crippen LogP contribution >= 0.6 is 0 Å². The van der Waals surface area contributed by atoms with Crippen molar-refractivity contribution in [1.29, 1.82) is 0 Å². The Morgan fingerprint density at radius 1 is 0.903 bits per heavy atom. The molecule has 0 spiro atoms. The van der Waals surface area contributed by atoms with E-state index in [1.807, 2.05) is 16.7 Å². The fourth-order valence-corrected chi connectivity index (χ4v) is 4.46. The first-order chi connectivity index (χ1) is 15.3. The second kappa shape index (κ2) is 8.91. The van der Waals surface area contributed by atoms with Crippen LogP contribution in [0, 0.1) is 0 Å². The molecule has 0 saturated carbocycles. The van der Waals surface area contributed by atoms with Crippen molar-refractivity contribution >= 4 is 10.9 Å². The van der Waals surface area contributed by atoms with Crippen LogP contribution in [0.5, 0.6) is 5.88 Å². The summed E-state index contributed by atoms with van der Waals surface area (Å²) in [5.41, 5.74) is 4.33. The van der Waals surface area contributed by atoms with Crippen LogP contribution in [0.4, 0.5) is 0 Å². The highest BCUT2D eigenvalue weighted by atomic mass is 16.3. The Balaban J connectivity index is 1.16. The van der Waals surface area contributed by atoms with Crippen LogP contribution in [0.15, 0.2) is 61.2 Å². The van der Waals surface area contributed by atoms with E-state index in [2.05, 4.69) is 61.4 Å². The van der Waals surface area contributed by atoms with E-state index < -0.39 is 0 Å². The summed E-state index contributed by atoms with van der Waals surface area (Å²) in [6.45, 7) is 6.50. The van der Waals surface area contributed by atoms with Gasteiger partial charge in [-0.2, -0.15) is 0 Å². The quantitative estimate of drug-likeness (QED) is 0.484. The lowest BCUT2D eigenvalue weighted by atomic mass is 10.1. The molecule has 1 saturated heterocycles. The minimum atomic E-state index is 0.281. The van der Waals surface area contributed by atoms with Crippen molar-refractivity contribution in [3.8, 4) is 11.6 Å². The monoisotopic (exact) mass is 416 g/mol. The third kappa shape index (κ3) is 4.47. The summed E-state index contributed by atoms with van der Waals surface area (Å²) in [6, 6.07) is 16.8. The van der Waals surface area contributed by atoms with Crippen LogP contribution in [-0.4, -0.2) is 67.4 Å². The van der Waals surface area contributed by atoms with E-state index in [4.69, 9.17) is 0 Å². The molecule has 1 aliphatic heterocycles. The van der Waals surface area contributed by atoms with Crippen molar-refractivity contribution in [3.05, 3.63) is 72.3 Å². The van der Waals surface area contributed by atoms with Crippen molar-refractivity contribution in [1.82, 2.24) is 29.5 Å². The van der Waals surface area contributed by atoms with Crippen LogP contribution < -0.4 is 0 Å². The summed E-state index contributed by atoms with van der Waals surface area (Å²) in [7, 11) is 0. The van der Waals surface area contributed by atoms with Gasteiger partial charge < -0.3 is 15.0 Å². The molecule has 160 valence electrons. The topological polar surface area (TPSA) is 73.2 Å². The molecule has 0 atom stereocenters. The van der Waals surface area contributed by atoms with Gasteiger partial charge in [-0.1, -0.05) is 30.3 Å². The fourth-order valence-electron chi connectivity index (χ4n) is 4.46. The second-order valence-electron chi connectivity index (χ2n) is 8.26. The Bertz CT molecular complexity index is 1110. The summed E-state index contributed by atoms with van der Waals surface area (Å²) in [6.07, 6.45) is 5.24. The third-order valence-electron chi connectivity index (χ3n) is 6.20. The lowest BCUT2D eigenvalue weighted by Crippen LogP contribution is -2.46. The SMILES string of the molecule is Oc1[nH]c2ccc(-n3cnnc3)cc2c1CCCN1CCN(Cc2ccccc2)CC1. The normalized spacial score (nSPS) is 15.6. The van der Waals surface area contributed by atoms with Crippen molar-refractivity contribution in [2.45, 2.75) is 19.4 Å². The number of rotatable bonds is 7. The van der Waals surface area contributed by atoms with E-state index >= 15 is 0 Å². The first kappa shape index (κ1) is 19.8. The predicted octanol–water partition coefficient (Wildman–Crippen LogP) is 3.20. The average Bonchev–Trinajstić information content (AvgIpc) is 3.44. The molecular formula is C24H28N6O. The second-order valence-corrected chi connectivity index (χ2v) is 8.26. The minimum absolute atomic E-state index is 0.281. The van der Waals surface area contributed by atoms with Gasteiger partial charge in [-0.3, -0.25) is 9.47 Å². The first-order valence-electron chi connectivity index (χ1n) is 10.9. The molecule has 5 rings (SSSR count). The summed E-state index contributed by atoms with van der Waals surface area (Å²) >= 11 is 0. The molecule has 3 heterocycles. The van der Waals surface area contributed by atoms with Gasteiger partial charge in [0.15, 0.2) is 5.88 Å². The number of aryl methyl sites for hydroxylation is 1. The Kier molecular flexibility index (Phi) is 5.69. The molecule has 31 heavy (non-hydrogen) atoms. The molecule has 7 nitrogen and oxygen atoms in total. The Labute approximate surface area is 181 Å². The number of aromatic amines is 1. The number of aromatic nitrogens is 4. The van der Waals surface area contributed by atoms with Gasteiger partial charge in [0.05, 0.1) is 0 Å². The van der Waals surface area contributed by atoms with E-state index in [1.165, 1.54) is 5.56 Å². The van der Waals surface area contributed by atoms with Gasteiger partial charge in [-0.05, 0) is 43.1 Å². The zero-order chi connectivity index (χ0) is 21.0. The molecule has 2 aromatic carbocycles. The van der Waals surface area contributed by atoms with Crippen molar-refractivity contribution in [3.63, 3.8) is 0 Å². The molecule has 0 unspecified atom stereocenters. The summed E-state index contributed by atoms with van der Waals surface area (Å²) in [5, 5.41) is 19.3. The van der Waals surface area contributed by atoms with Gasteiger partial charge in [-0.25, -0.2) is 0 Å². The highest BCUT2D eigenvalue weighted by Gasteiger charge is 2.17. The molecule has 1 fully saturated rings. The van der Waals surface area contributed by atoms with E-state index in [-0.39, 0.29) is 5.88 Å². The Morgan fingerprint density at radius 2 is 1.65 bits per heavy atom. The van der Waals surface area contributed by atoms with Gasteiger partial charge in [-0.15, -0.1) is 10.2 Å². The number of fused-ring (bicyclic) bond motifs is 1. The fraction of sp³-hybridized carbons (Fsp3) is 0.333. The lowest BCUT2D eigenvalue weighted by Gasteiger charge is -2.34. The molecule has 0 radical (unpaired) electrons. The molecule has 7 heteroatoms. The number of piperazine rings is 1. The number of benzene rings is 2. The number of nitrogens with one attached hydrogen (secondary N) is 1.